The molecule has 0 spiro atoms. The SMILES string of the molecule is CN(CCO)C(=O)c1ccc(CS(=O)[O-])cc1[N+](=O)[O-]. The van der Waals surface area contributed by atoms with E-state index in [9.17, 15) is 23.7 Å². The van der Waals surface area contributed by atoms with Gasteiger partial charge < -0.3 is 14.6 Å². The van der Waals surface area contributed by atoms with Crippen LogP contribution in [-0.4, -0.2) is 49.8 Å². The Morgan fingerprint density at radius 1 is 1.50 bits per heavy atom. The van der Waals surface area contributed by atoms with Crippen molar-refractivity contribution in [2.75, 3.05) is 20.2 Å². The maximum absolute atomic E-state index is 12.0. The Balaban J connectivity index is 3.16. The third-order valence-electron chi connectivity index (χ3n) is 2.56. The number of nitro benzene ring substituents is 1. The van der Waals surface area contributed by atoms with Crippen LogP contribution >= 0.6 is 0 Å². The molecule has 0 saturated carbocycles. The minimum absolute atomic E-state index is 0.0440. The molecule has 8 nitrogen and oxygen atoms in total. The third kappa shape index (κ3) is 4.08. The fourth-order valence-electron chi connectivity index (χ4n) is 1.59. The summed E-state index contributed by atoms with van der Waals surface area (Å²) in [6.45, 7) is -0.217. The van der Waals surface area contributed by atoms with Gasteiger partial charge in [-0.25, -0.2) is 0 Å². The lowest BCUT2D eigenvalue weighted by Gasteiger charge is -2.16. The summed E-state index contributed by atoms with van der Waals surface area (Å²) in [5, 5.41) is 19.7. The van der Waals surface area contributed by atoms with Crippen LogP contribution in [0, 0.1) is 10.1 Å². The second kappa shape index (κ2) is 7.08. The van der Waals surface area contributed by atoms with E-state index in [0.717, 1.165) is 11.0 Å². The first-order chi connectivity index (χ1) is 9.36. The predicted molar refractivity (Wildman–Crippen MR) is 69.8 cm³/mol. The zero-order valence-electron chi connectivity index (χ0n) is 10.6. The monoisotopic (exact) mass is 301 g/mol. The van der Waals surface area contributed by atoms with Crippen LogP contribution < -0.4 is 0 Å². The molecule has 0 fully saturated rings. The van der Waals surface area contributed by atoms with Crippen LogP contribution in [0.1, 0.15) is 15.9 Å². The number of aliphatic hydroxyl groups excluding tert-OH is 1. The molecule has 0 aliphatic carbocycles. The van der Waals surface area contributed by atoms with E-state index in [4.69, 9.17) is 5.11 Å². The van der Waals surface area contributed by atoms with E-state index in [1.54, 1.807) is 0 Å². The van der Waals surface area contributed by atoms with E-state index < -0.39 is 27.6 Å². The topological polar surface area (TPSA) is 124 Å². The highest BCUT2D eigenvalue weighted by Crippen LogP contribution is 2.22. The van der Waals surface area contributed by atoms with Gasteiger partial charge in [0.15, 0.2) is 0 Å². The third-order valence-corrected chi connectivity index (χ3v) is 3.12. The predicted octanol–water partition coefficient (Wildman–Crippen LogP) is 0.0382. The fourth-order valence-corrected chi connectivity index (χ4v) is 2.04. The summed E-state index contributed by atoms with van der Waals surface area (Å²) >= 11 is -2.37. The van der Waals surface area contributed by atoms with E-state index in [2.05, 4.69) is 0 Å². The van der Waals surface area contributed by atoms with Gasteiger partial charge in [0.2, 0.25) is 0 Å². The minimum atomic E-state index is -2.37. The van der Waals surface area contributed by atoms with E-state index in [0.29, 0.717) is 0 Å². The van der Waals surface area contributed by atoms with Gasteiger partial charge in [-0.1, -0.05) is 17.1 Å². The fraction of sp³-hybridized carbons (Fsp3) is 0.364. The molecule has 20 heavy (non-hydrogen) atoms. The Kier molecular flexibility index (Phi) is 5.74. The Morgan fingerprint density at radius 2 is 2.15 bits per heavy atom. The number of hydrogen-bond acceptors (Lipinski definition) is 6. The molecule has 1 N–H and O–H groups in total. The first-order valence-electron chi connectivity index (χ1n) is 5.56. The second-order valence-corrected chi connectivity index (χ2v) is 4.90. The lowest BCUT2D eigenvalue weighted by molar-refractivity contribution is -0.385. The number of rotatable bonds is 6. The van der Waals surface area contributed by atoms with Gasteiger partial charge in [-0.2, -0.15) is 0 Å². The van der Waals surface area contributed by atoms with Gasteiger partial charge in [-0.3, -0.25) is 19.1 Å². The molecule has 1 unspecified atom stereocenters. The summed E-state index contributed by atoms with van der Waals surface area (Å²) in [6.07, 6.45) is 0. The Hall–Kier alpha value is -1.84. The molecule has 0 heterocycles. The summed E-state index contributed by atoms with van der Waals surface area (Å²) in [5.74, 6) is -0.970. The molecule has 0 saturated heterocycles. The van der Waals surface area contributed by atoms with E-state index in [1.165, 1.54) is 19.2 Å². The van der Waals surface area contributed by atoms with Gasteiger partial charge in [-0.15, -0.1) is 0 Å². The zero-order valence-corrected chi connectivity index (χ0v) is 11.5. The molecule has 110 valence electrons. The summed E-state index contributed by atoms with van der Waals surface area (Å²) in [7, 11) is 1.41. The number of nitro groups is 1. The van der Waals surface area contributed by atoms with E-state index in [1.807, 2.05) is 0 Å². The molecule has 1 aromatic rings. The van der Waals surface area contributed by atoms with Gasteiger partial charge in [0.1, 0.15) is 5.56 Å². The largest absolute Gasteiger partial charge is 0.772 e. The molecular formula is C11H13N2O6S-. The highest BCUT2D eigenvalue weighted by atomic mass is 32.2. The normalized spacial score (nSPS) is 11.9. The second-order valence-electron chi connectivity index (χ2n) is 4.01. The van der Waals surface area contributed by atoms with Crippen LogP contribution in [0.5, 0.6) is 0 Å². The molecule has 1 rings (SSSR count). The van der Waals surface area contributed by atoms with Gasteiger partial charge >= 0.3 is 0 Å². The highest BCUT2D eigenvalue weighted by Gasteiger charge is 2.23. The minimum Gasteiger partial charge on any atom is -0.772 e. The highest BCUT2D eigenvalue weighted by molar-refractivity contribution is 7.78. The summed E-state index contributed by atoms with van der Waals surface area (Å²) in [6, 6.07) is 3.63. The van der Waals surface area contributed by atoms with Crippen molar-refractivity contribution >= 4 is 22.7 Å². The standard InChI is InChI=1S/C11H14N2O6S/c1-12(4-5-14)11(15)9-3-2-8(7-20(18)19)6-10(9)13(16)17/h2-3,6,14H,4-5,7H2,1H3,(H,18,19)/p-1. The maximum atomic E-state index is 12.0. The number of aliphatic hydroxyl groups is 1. The molecule has 1 aromatic carbocycles. The first kappa shape index (κ1) is 16.2. The smallest absolute Gasteiger partial charge is 0.282 e. The number of hydrogen-bond donors (Lipinski definition) is 1. The van der Waals surface area contributed by atoms with Gasteiger partial charge in [0, 0.05) is 25.4 Å². The van der Waals surface area contributed by atoms with Crippen molar-refractivity contribution in [1.82, 2.24) is 4.90 Å². The molecule has 1 amide bonds. The summed E-state index contributed by atoms with van der Waals surface area (Å²) < 4.78 is 21.2. The lowest BCUT2D eigenvalue weighted by Crippen LogP contribution is -2.30. The zero-order chi connectivity index (χ0) is 15.3. The van der Waals surface area contributed by atoms with Crippen molar-refractivity contribution in [3.63, 3.8) is 0 Å². The van der Waals surface area contributed by atoms with Crippen molar-refractivity contribution in [3.8, 4) is 0 Å². The lowest BCUT2D eigenvalue weighted by atomic mass is 10.1. The number of carbonyl (C=O) groups is 1. The average Bonchev–Trinajstić information content (AvgIpc) is 2.37. The van der Waals surface area contributed by atoms with Crippen molar-refractivity contribution in [2.45, 2.75) is 5.75 Å². The molecule has 1 atom stereocenters. The molecular weight excluding hydrogens is 288 g/mol. The molecule has 0 aromatic heterocycles. The van der Waals surface area contributed by atoms with Crippen molar-refractivity contribution in [2.24, 2.45) is 0 Å². The Morgan fingerprint density at radius 3 is 2.65 bits per heavy atom. The van der Waals surface area contributed by atoms with Gasteiger partial charge in [-0.05, 0) is 11.6 Å². The number of amides is 1. The summed E-state index contributed by atoms with van der Waals surface area (Å²) in [5.41, 5.74) is -0.375. The quantitative estimate of drug-likeness (QED) is 0.449. The van der Waals surface area contributed by atoms with E-state index >= 15 is 0 Å². The Bertz CT molecular complexity index is 548. The van der Waals surface area contributed by atoms with Crippen molar-refractivity contribution < 1.29 is 23.6 Å². The van der Waals surface area contributed by atoms with Crippen LogP contribution in [0.2, 0.25) is 0 Å². The summed E-state index contributed by atoms with van der Waals surface area (Å²) in [4.78, 5) is 23.4. The molecule has 0 aliphatic rings. The number of nitrogens with zero attached hydrogens (tertiary/aromatic N) is 2. The van der Waals surface area contributed by atoms with Crippen LogP contribution in [0.4, 0.5) is 5.69 Å². The average molecular weight is 301 g/mol. The molecule has 0 bridgehead atoms. The molecule has 9 heteroatoms. The van der Waals surface area contributed by atoms with Gasteiger partial charge in [0.25, 0.3) is 11.6 Å². The molecule has 0 aliphatic heterocycles. The number of benzene rings is 1. The van der Waals surface area contributed by atoms with Crippen LogP contribution in [0.3, 0.4) is 0 Å². The number of likely N-dealkylation sites (N-methyl/N-ethyl adjacent to an activating group) is 1. The van der Waals surface area contributed by atoms with Crippen LogP contribution in [-0.2, 0) is 16.8 Å². The molecule has 0 radical (unpaired) electrons. The Labute approximate surface area is 117 Å². The van der Waals surface area contributed by atoms with Crippen molar-refractivity contribution in [1.29, 1.82) is 0 Å². The van der Waals surface area contributed by atoms with Gasteiger partial charge in [0.05, 0.1) is 11.5 Å². The number of carbonyl (C=O) groups excluding carboxylic acids is 1. The van der Waals surface area contributed by atoms with E-state index in [-0.39, 0.29) is 30.0 Å². The van der Waals surface area contributed by atoms with Crippen LogP contribution in [0.15, 0.2) is 18.2 Å². The maximum Gasteiger partial charge on any atom is 0.282 e. The first-order valence-corrected chi connectivity index (χ1v) is 6.80. The van der Waals surface area contributed by atoms with Crippen LogP contribution in [0.25, 0.3) is 0 Å². The van der Waals surface area contributed by atoms with Crippen molar-refractivity contribution in [3.05, 3.63) is 39.4 Å².